The summed E-state index contributed by atoms with van der Waals surface area (Å²) in [6.07, 6.45) is 4.47. The van der Waals surface area contributed by atoms with Crippen molar-refractivity contribution in [1.29, 1.82) is 0 Å². The number of piperazine rings is 1. The molecule has 1 heterocycles. The minimum atomic E-state index is 0.808. The SMILES string of the molecule is CN(C)c1ccc(C=CCN2CCN(c3cccc(Cl)c3)CC2)cc1. The third kappa shape index (κ3) is 5.00. The van der Waals surface area contributed by atoms with E-state index in [0.717, 1.165) is 37.7 Å². The summed E-state index contributed by atoms with van der Waals surface area (Å²) in [4.78, 5) is 7.02. The summed E-state index contributed by atoms with van der Waals surface area (Å²) in [6.45, 7) is 5.25. The second kappa shape index (κ2) is 8.41. The quantitative estimate of drug-likeness (QED) is 0.794. The number of rotatable bonds is 5. The van der Waals surface area contributed by atoms with Gasteiger partial charge < -0.3 is 9.80 Å². The van der Waals surface area contributed by atoms with Gasteiger partial charge in [-0.1, -0.05) is 42.0 Å². The first-order valence-electron chi connectivity index (χ1n) is 8.78. The molecule has 2 aromatic rings. The Hall–Kier alpha value is -1.97. The average molecular weight is 356 g/mol. The molecule has 1 aliphatic rings. The molecule has 0 N–H and O–H groups in total. The van der Waals surface area contributed by atoms with Gasteiger partial charge in [0.05, 0.1) is 0 Å². The van der Waals surface area contributed by atoms with Gasteiger partial charge in [0, 0.05) is 63.2 Å². The lowest BCUT2D eigenvalue weighted by molar-refractivity contribution is 0.284. The molecule has 2 aromatic carbocycles. The predicted octanol–water partition coefficient (Wildman–Crippen LogP) is 4.24. The first kappa shape index (κ1) is 17.8. The van der Waals surface area contributed by atoms with Crippen LogP contribution in [0.3, 0.4) is 0 Å². The third-order valence-corrected chi connectivity index (χ3v) is 4.86. The summed E-state index contributed by atoms with van der Waals surface area (Å²) >= 11 is 6.10. The van der Waals surface area contributed by atoms with Gasteiger partial charge in [0.15, 0.2) is 0 Å². The van der Waals surface area contributed by atoms with E-state index in [-0.39, 0.29) is 0 Å². The van der Waals surface area contributed by atoms with Crippen LogP contribution in [0.1, 0.15) is 5.56 Å². The molecule has 0 saturated carbocycles. The Morgan fingerprint density at radius 3 is 2.36 bits per heavy atom. The molecule has 3 rings (SSSR count). The number of anilines is 2. The summed E-state index contributed by atoms with van der Waals surface area (Å²) in [5.41, 5.74) is 3.71. The maximum atomic E-state index is 6.10. The van der Waals surface area contributed by atoms with Crippen molar-refractivity contribution in [3.8, 4) is 0 Å². The Bertz CT molecular complexity index is 701. The van der Waals surface area contributed by atoms with Crippen LogP contribution in [0.15, 0.2) is 54.6 Å². The van der Waals surface area contributed by atoms with Crippen LogP contribution in [0.5, 0.6) is 0 Å². The summed E-state index contributed by atoms with van der Waals surface area (Å²) in [5, 5.41) is 0.808. The van der Waals surface area contributed by atoms with E-state index in [0.29, 0.717) is 0 Å². The molecule has 1 fully saturated rings. The fourth-order valence-corrected chi connectivity index (χ4v) is 3.27. The van der Waals surface area contributed by atoms with Gasteiger partial charge in [-0.05, 0) is 35.9 Å². The molecule has 0 radical (unpaired) electrons. The Morgan fingerprint density at radius 2 is 1.72 bits per heavy atom. The zero-order valence-corrected chi connectivity index (χ0v) is 15.8. The minimum Gasteiger partial charge on any atom is -0.378 e. The molecule has 1 saturated heterocycles. The Kier molecular flexibility index (Phi) is 6.00. The minimum absolute atomic E-state index is 0.808. The van der Waals surface area contributed by atoms with E-state index in [9.17, 15) is 0 Å². The number of hydrogen-bond donors (Lipinski definition) is 0. The summed E-state index contributed by atoms with van der Waals surface area (Å²) in [7, 11) is 4.13. The highest BCUT2D eigenvalue weighted by Crippen LogP contribution is 2.20. The average Bonchev–Trinajstić information content (AvgIpc) is 2.63. The molecule has 1 aliphatic heterocycles. The smallest absolute Gasteiger partial charge is 0.0426 e. The van der Waals surface area contributed by atoms with Gasteiger partial charge in [0.2, 0.25) is 0 Å². The van der Waals surface area contributed by atoms with Gasteiger partial charge in [-0.25, -0.2) is 0 Å². The lowest BCUT2D eigenvalue weighted by Gasteiger charge is -2.35. The fraction of sp³-hybridized carbons (Fsp3) is 0.333. The summed E-state index contributed by atoms with van der Waals surface area (Å²) < 4.78 is 0. The van der Waals surface area contributed by atoms with Crippen molar-refractivity contribution in [3.63, 3.8) is 0 Å². The number of halogens is 1. The second-order valence-corrected chi connectivity index (χ2v) is 7.09. The van der Waals surface area contributed by atoms with Crippen molar-refractivity contribution in [2.24, 2.45) is 0 Å². The van der Waals surface area contributed by atoms with E-state index in [1.807, 2.05) is 12.1 Å². The van der Waals surface area contributed by atoms with Gasteiger partial charge in [-0.3, -0.25) is 4.90 Å². The standard InChI is InChI=1S/C21H26ClN3/c1-23(2)20-10-8-18(9-11-20)5-4-12-24-13-15-25(16-14-24)21-7-3-6-19(22)17-21/h3-11,17H,12-16H2,1-2H3. The van der Waals surface area contributed by atoms with Crippen molar-refractivity contribution < 1.29 is 0 Å². The molecule has 0 aromatic heterocycles. The molecule has 3 nitrogen and oxygen atoms in total. The first-order valence-corrected chi connectivity index (χ1v) is 9.16. The largest absolute Gasteiger partial charge is 0.378 e. The van der Waals surface area contributed by atoms with Gasteiger partial charge in [-0.15, -0.1) is 0 Å². The molecular formula is C21H26ClN3. The van der Waals surface area contributed by atoms with Crippen LogP contribution < -0.4 is 9.80 Å². The van der Waals surface area contributed by atoms with Crippen LogP contribution in [-0.4, -0.2) is 51.7 Å². The van der Waals surface area contributed by atoms with Gasteiger partial charge in [0.1, 0.15) is 0 Å². The number of benzene rings is 2. The van der Waals surface area contributed by atoms with Crippen LogP contribution in [-0.2, 0) is 0 Å². The normalized spacial score (nSPS) is 15.7. The maximum Gasteiger partial charge on any atom is 0.0426 e. The zero-order valence-electron chi connectivity index (χ0n) is 15.0. The van der Waals surface area contributed by atoms with Crippen LogP contribution >= 0.6 is 11.6 Å². The highest BCUT2D eigenvalue weighted by Gasteiger charge is 2.16. The lowest BCUT2D eigenvalue weighted by Crippen LogP contribution is -2.46. The van der Waals surface area contributed by atoms with Gasteiger partial charge in [0.25, 0.3) is 0 Å². The Balaban J connectivity index is 1.47. The molecule has 25 heavy (non-hydrogen) atoms. The van der Waals surface area contributed by atoms with Crippen molar-refractivity contribution in [3.05, 3.63) is 65.2 Å². The van der Waals surface area contributed by atoms with E-state index >= 15 is 0 Å². The molecule has 132 valence electrons. The Morgan fingerprint density at radius 1 is 1.00 bits per heavy atom. The maximum absolute atomic E-state index is 6.10. The fourth-order valence-electron chi connectivity index (χ4n) is 3.08. The van der Waals surface area contributed by atoms with E-state index in [4.69, 9.17) is 11.6 Å². The zero-order chi connectivity index (χ0) is 17.6. The van der Waals surface area contributed by atoms with E-state index in [1.54, 1.807) is 0 Å². The van der Waals surface area contributed by atoms with Crippen LogP contribution in [0, 0.1) is 0 Å². The van der Waals surface area contributed by atoms with E-state index in [2.05, 4.69) is 77.3 Å². The van der Waals surface area contributed by atoms with Crippen LogP contribution in [0.25, 0.3) is 6.08 Å². The lowest BCUT2D eigenvalue weighted by atomic mass is 10.2. The monoisotopic (exact) mass is 355 g/mol. The number of hydrogen-bond acceptors (Lipinski definition) is 3. The van der Waals surface area contributed by atoms with E-state index in [1.165, 1.54) is 16.9 Å². The second-order valence-electron chi connectivity index (χ2n) is 6.66. The van der Waals surface area contributed by atoms with Crippen molar-refractivity contribution in [1.82, 2.24) is 4.90 Å². The Labute approximate surface area is 156 Å². The first-order chi connectivity index (χ1) is 12.1. The topological polar surface area (TPSA) is 9.72 Å². The van der Waals surface area contributed by atoms with Gasteiger partial charge >= 0.3 is 0 Å². The predicted molar refractivity (Wildman–Crippen MR) is 110 cm³/mol. The van der Waals surface area contributed by atoms with E-state index < -0.39 is 0 Å². The molecule has 0 spiro atoms. The van der Waals surface area contributed by atoms with Crippen LogP contribution in [0.2, 0.25) is 5.02 Å². The molecule has 0 bridgehead atoms. The molecule has 0 aliphatic carbocycles. The summed E-state index contributed by atoms with van der Waals surface area (Å²) in [6, 6.07) is 16.8. The third-order valence-electron chi connectivity index (χ3n) is 4.63. The van der Waals surface area contributed by atoms with Crippen molar-refractivity contribution >= 4 is 29.1 Å². The van der Waals surface area contributed by atoms with Gasteiger partial charge in [-0.2, -0.15) is 0 Å². The van der Waals surface area contributed by atoms with Crippen molar-refractivity contribution in [2.45, 2.75) is 0 Å². The van der Waals surface area contributed by atoms with Crippen molar-refractivity contribution in [2.75, 3.05) is 56.6 Å². The molecular weight excluding hydrogens is 330 g/mol. The molecule has 0 unspecified atom stereocenters. The highest BCUT2D eigenvalue weighted by atomic mass is 35.5. The number of nitrogens with zero attached hydrogens (tertiary/aromatic N) is 3. The van der Waals surface area contributed by atoms with Crippen LogP contribution in [0.4, 0.5) is 11.4 Å². The molecule has 4 heteroatoms. The summed E-state index contributed by atoms with van der Waals surface area (Å²) in [5.74, 6) is 0. The highest BCUT2D eigenvalue weighted by molar-refractivity contribution is 6.30. The molecule has 0 atom stereocenters. The molecule has 0 amide bonds.